The van der Waals surface area contributed by atoms with Gasteiger partial charge in [0.05, 0.1) is 12.2 Å². The molecule has 0 bridgehead atoms. The summed E-state index contributed by atoms with van der Waals surface area (Å²) in [6.07, 6.45) is 0.311. The number of rotatable bonds is 4. The molecule has 8 nitrogen and oxygen atoms in total. The monoisotopic (exact) mass is 311 g/mol. The van der Waals surface area contributed by atoms with Gasteiger partial charge < -0.3 is 24.4 Å². The Bertz CT molecular complexity index is 558. The lowest BCUT2D eigenvalue weighted by Crippen LogP contribution is -2.42. The summed E-state index contributed by atoms with van der Waals surface area (Å²) < 4.78 is 18.4. The van der Waals surface area contributed by atoms with Crippen molar-refractivity contribution in [2.75, 3.05) is 0 Å². The van der Waals surface area contributed by atoms with E-state index in [1.54, 1.807) is 18.5 Å². The quantitative estimate of drug-likeness (QED) is 0.791. The van der Waals surface area contributed by atoms with Crippen molar-refractivity contribution in [1.82, 2.24) is 15.0 Å². The molecule has 0 radical (unpaired) electrons. The summed E-state index contributed by atoms with van der Waals surface area (Å²) in [5.74, 6) is -0.264. The van der Waals surface area contributed by atoms with Crippen molar-refractivity contribution in [3.05, 3.63) is 11.9 Å². The Morgan fingerprint density at radius 1 is 1.41 bits per heavy atom. The maximum atomic E-state index is 10.3. The molecule has 3 fully saturated rings. The predicted molar refractivity (Wildman–Crippen MR) is 72.7 cm³/mol. The number of hydrogen-bond acceptors (Lipinski definition) is 7. The Morgan fingerprint density at radius 2 is 2.18 bits per heavy atom. The second-order valence-electron chi connectivity index (χ2n) is 6.77. The van der Waals surface area contributed by atoms with Crippen LogP contribution in [0.4, 0.5) is 0 Å². The van der Waals surface area contributed by atoms with Gasteiger partial charge in [0.15, 0.2) is 12.1 Å². The van der Waals surface area contributed by atoms with E-state index in [9.17, 15) is 10.2 Å². The Balaban J connectivity index is 1.39. The molecule has 0 aromatic carbocycles. The van der Waals surface area contributed by atoms with Crippen LogP contribution in [-0.2, 0) is 20.8 Å². The second kappa shape index (κ2) is 4.97. The van der Waals surface area contributed by atoms with Crippen LogP contribution in [-0.4, -0.2) is 61.7 Å². The molecule has 22 heavy (non-hydrogen) atoms. The number of aromatic nitrogens is 3. The molecule has 1 aromatic rings. The van der Waals surface area contributed by atoms with E-state index in [0.717, 1.165) is 18.5 Å². The lowest BCUT2D eigenvalue weighted by atomic mass is 10.1. The molecule has 1 aliphatic carbocycles. The molecule has 5 atom stereocenters. The molecular formula is C14H21N3O5. The van der Waals surface area contributed by atoms with Gasteiger partial charge in [-0.3, -0.25) is 0 Å². The standard InChI is InChI=1S/C14H21N3O5/c1-14(2)21-12-10(19)11(20-13(12)22-14)9(18)6-17-5-8(15-16-17)7-3-4-7/h5,7,9-13,18-19H,3-4,6H2,1-2H3/t9-,10+,11-,12-,13-/m1/s1. The van der Waals surface area contributed by atoms with E-state index in [2.05, 4.69) is 10.3 Å². The number of hydrogen-bond donors (Lipinski definition) is 2. The highest BCUT2D eigenvalue weighted by molar-refractivity contribution is 5.09. The van der Waals surface area contributed by atoms with Crippen molar-refractivity contribution in [3.8, 4) is 0 Å². The SMILES string of the molecule is CC1(C)O[C@H]2O[C@H]([C@H](O)Cn3cc(C4CC4)nn3)[C@H](O)[C@H]2O1. The molecule has 2 aliphatic heterocycles. The third-order valence-corrected chi connectivity index (χ3v) is 4.36. The minimum atomic E-state index is -0.937. The van der Waals surface area contributed by atoms with Gasteiger partial charge in [-0.05, 0) is 26.7 Å². The lowest BCUT2D eigenvalue weighted by molar-refractivity contribution is -0.226. The van der Waals surface area contributed by atoms with Gasteiger partial charge in [0.2, 0.25) is 0 Å². The zero-order chi connectivity index (χ0) is 15.5. The van der Waals surface area contributed by atoms with Gasteiger partial charge in [-0.15, -0.1) is 5.10 Å². The van der Waals surface area contributed by atoms with Crippen molar-refractivity contribution >= 4 is 0 Å². The topological polar surface area (TPSA) is 98.9 Å². The van der Waals surface area contributed by atoms with Gasteiger partial charge in [-0.25, -0.2) is 4.68 Å². The van der Waals surface area contributed by atoms with Crippen molar-refractivity contribution in [2.24, 2.45) is 0 Å². The molecule has 1 aromatic heterocycles. The first-order chi connectivity index (χ1) is 10.4. The highest BCUT2D eigenvalue weighted by Crippen LogP contribution is 2.39. The third kappa shape index (κ3) is 2.55. The van der Waals surface area contributed by atoms with E-state index in [0.29, 0.717) is 5.92 Å². The molecule has 3 heterocycles. The summed E-state index contributed by atoms with van der Waals surface area (Å²) in [7, 11) is 0. The van der Waals surface area contributed by atoms with Crippen LogP contribution in [0.1, 0.15) is 38.3 Å². The highest BCUT2D eigenvalue weighted by atomic mass is 16.8. The largest absolute Gasteiger partial charge is 0.388 e. The number of aliphatic hydroxyl groups excluding tert-OH is 2. The smallest absolute Gasteiger partial charge is 0.190 e. The van der Waals surface area contributed by atoms with E-state index < -0.39 is 36.5 Å². The minimum absolute atomic E-state index is 0.213. The van der Waals surface area contributed by atoms with Gasteiger partial charge >= 0.3 is 0 Å². The zero-order valence-corrected chi connectivity index (χ0v) is 12.6. The molecule has 2 N–H and O–H groups in total. The fraction of sp³-hybridized carbons (Fsp3) is 0.857. The molecule has 4 rings (SSSR count). The van der Waals surface area contributed by atoms with Crippen LogP contribution in [0.3, 0.4) is 0 Å². The summed E-state index contributed by atoms with van der Waals surface area (Å²) in [5, 5.41) is 28.8. The number of ether oxygens (including phenoxy) is 3. The first-order valence-electron chi connectivity index (χ1n) is 7.70. The maximum Gasteiger partial charge on any atom is 0.190 e. The summed E-state index contributed by atoms with van der Waals surface area (Å²) in [6.45, 7) is 3.74. The van der Waals surface area contributed by atoms with Crippen LogP contribution in [0.15, 0.2) is 6.20 Å². The minimum Gasteiger partial charge on any atom is -0.388 e. The lowest BCUT2D eigenvalue weighted by Gasteiger charge is -2.25. The first kappa shape index (κ1) is 14.5. The molecule has 2 saturated heterocycles. The van der Waals surface area contributed by atoms with Crippen molar-refractivity contribution < 1.29 is 24.4 Å². The molecule has 0 amide bonds. The molecular weight excluding hydrogens is 290 g/mol. The Hall–Kier alpha value is -1.06. The molecule has 3 aliphatic rings. The number of aliphatic hydroxyl groups is 2. The van der Waals surface area contributed by atoms with E-state index in [-0.39, 0.29) is 6.54 Å². The van der Waals surface area contributed by atoms with Gasteiger partial charge in [0.25, 0.3) is 0 Å². The van der Waals surface area contributed by atoms with E-state index in [4.69, 9.17) is 14.2 Å². The van der Waals surface area contributed by atoms with Crippen molar-refractivity contribution in [3.63, 3.8) is 0 Å². The fourth-order valence-corrected chi connectivity index (χ4v) is 3.10. The Kier molecular flexibility index (Phi) is 3.28. The molecule has 0 unspecified atom stereocenters. The fourth-order valence-electron chi connectivity index (χ4n) is 3.10. The summed E-state index contributed by atoms with van der Waals surface area (Å²) >= 11 is 0. The first-order valence-corrected chi connectivity index (χ1v) is 7.70. The van der Waals surface area contributed by atoms with Crippen LogP contribution in [0, 0.1) is 0 Å². The second-order valence-corrected chi connectivity index (χ2v) is 6.77. The molecule has 122 valence electrons. The van der Waals surface area contributed by atoms with E-state index in [1.807, 2.05) is 6.20 Å². The molecule has 8 heteroatoms. The summed E-state index contributed by atoms with van der Waals surface area (Å²) in [5.41, 5.74) is 0.963. The van der Waals surface area contributed by atoms with Crippen LogP contribution in [0.2, 0.25) is 0 Å². The number of fused-ring (bicyclic) bond motifs is 1. The summed E-state index contributed by atoms with van der Waals surface area (Å²) in [4.78, 5) is 0. The Morgan fingerprint density at radius 3 is 2.86 bits per heavy atom. The van der Waals surface area contributed by atoms with E-state index in [1.165, 1.54) is 0 Å². The van der Waals surface area contributed by atoms with Crippen molar-refractivity contribution in [2.45, 2.75) is 75.6 Å². The normalized spacial score (nSPS) is 38.2. The van der Waals surface area contributed by atoms with Crippen LogP contribution >= 0.6 is 0 Å². The maximum absolute atomic E-state index is 10.3. The highest BCUT2D eigenvalue weighted by Gasteiger charge is 2.55. The van der Waals surface area contributed by atoms with Gasteiger partial charge in [-0.2, -0.15) is 0 Å². The van der Waals surface area contributed by atoms with Gasteiger partial charge in [0.1, 0.15) is 24.4 Å². The average molecular weight is 311 g/mol. The van der Waals surface area contributed by atoms with Gasteiger partial charge in [0, 0.05) is 12.1 Å². The molecule has 1 saturated carbocycles. The average Bonchev–Trinajstić information content (AvgIpc) is 3.02. The van der Waals surface area contributed by atoms with Crippen LogP contribution < -0.4 is 0 Å². The summed E-state index contributed by atoms with van der Waals surface area (Å²) in [6, 6.07) is 0. The molecule has 0 spiro atoms. The van der Waals surface area contributed by atoms with Gasteiger partial charge in [-0.1, -0.05) is 5.21 Å². The van der Waals surface area contributed by atoms with Crippen molar-refractivity contribution in [1.29, 1.82) is 0 Å². The zero-order valence-electron chi connectivity index (χ0n) is 12.6. The van der Waals surface area contributed by atoms with E-state index >= 15 is 0 Å². The number of nitrogens with zero attached hydrogens (tertiary/aromatic N) is 3. The third-order valence-electron chi connectivity index (χ3n) is 4.36. The van der Waals surface area contributed by atoms with Crippen LogP contribution in [0.25, 0.3) is 0 Å². The Labute approximate surface area is 128 Å². The van der Waals surface area contributed by atoms with Crippen LogP contribution in [0.5, 0.6) is 0 Å². The predicted octanol–water partition coefficient (Wildman–Crippen LogP) is -0.246.